The van der Waals surface area contributed by atoms with Gasteiger partial charge in [-0.25, -0.2) is 8.78 Å². The number of aliphatic hydroxyl groups is 1. The van der Waals surface area contributed by atoms with Crippen molar-refractivity contribution in [2.75, 3.05) is 32.8 Å². The standard InChI is InChI=1S/C36H42F2N2O3/c37-33(38)23-40-19-14-30-22-31(43-25-27-4-2-1-3-5-27)10-11-32(30)34(40)28-6-8-29(9-7-28)35(42)39-20-17-36(18-21-39)15-12-26(24-41)13-16-36/h1-11,22,26,33-34,41H,12-21,23-25H2/t34-/m1/s1. The zero-order valence-corrected chi connectivity index (χ0v) is 24.8. The van der Waals surface area contributed by atoms with Crippen LogP contribution in [0.4, 0.5) is 8.78 Å². The number of amides is 1. The Hall–Kier alpha value is -3.29. The summed E-state index contributed by atoms with van der Waals surface area (Å²) in [5, 5.41) is 9.50. The number of carbonyl (C=O) groups excluding carboxylic acids is 1. The van der Waals surface area contributed by atoms with Crippen molar-refractivity contribution >= 4 is 5.91 Å². The molecule has 2 aliphatic heterocycles. The molecule has 1 amide bonds. The highest BCUT2D eigenvalue weighted by Gasteiger charge is 2.39. The second-order valence-corrected chi connectivity index (χ2v) is 12.7. The molecule has 2 heterocycles. The van der Waals surface area contributed by atoms with Gasteiger partial charge in [0.15, 0.2) is 0 Å². The Morgan fingerprint density at radius 3 is 2.33 bits per heavy atom. The molecule has 3 aromatic rings. The third-order valence-electron chi connectivity index (χ3n) is 10.1. The highest BCUT2D eigenvalue weighted by atomic mass is 19.3. The molecule has 1 saturated heterocycles. The van der Waals surface area contributed by atoms with Gasteiger partial charge in [-0.05, 0) is 103 Å². The van der Waals surface area contributed by atoms with Crippen LogP contribution in [-0.2, 0) is 13.0 Å². The maximum atomic E-state index is 13.6. The van der Waals surface area contributed by atoms with E-state index in [1.165, 1.54) is 0 Å². The second-order valence-electron chi connectivity index (χ2n) is 12.7. The Bertz CT molecular complexity index is 1360. The van der Waals surface area contributed by atoms with Crippen molar-refractivity contribution in [1.29, 1.82) is 0 Å². The number of ether oxygens (including phenoxy) is 1. The molecule has 1 aliphatic carbocycles. The van der Waals surface area contributed by atoms with Crippen LogP contribution in [0.15, 0.2) is 72.8 Å². The zero-order valence-electron chi connectivity index (χ0n) is 24.8. The van der Waals surface area contributed by atoms with E-state index in [-0.39, 0.29) is 25.1 Å². The summed E-state index contributed by atoms with van der Waals surface area (Å²) in [6.07, 6.45) is 4.75. The van der Waals surface area contributed by atoms with Gasteiger partial charge in [0, 0.05) is 31.8 Å². The summed E-state index contributed by atoms with van der Waals surface area (Å²) >= 11 is 0. The molecule has 3 aromatic carbocycles. The summed E-state index contributed by atoms with van der Waals surface area (Å²) < 4.78 is 33.3. The van der Waals surface area contributed by atoms with Gasteiger partial charge < -0.3 is 14.7 Å². The van der Waals surface area contributed by atoms with E-state index in [4.69, 9.17) is 4.74 Å². The lowest BCUT2D eigenvalue weighted by molar-refractivity contribution is 0.0338. The van der Waals surface area contributed by atoms with Crippen LogP contribution in [0.2, 0.25) is 0 Å². The number of halogens is 2. The number of piperidine rings is 1. The third-order valence-corrected chi connectivity index (χ3v) is 10.1. The monoisotopic (exact) mass is 588 g/mol. The lowest BCUT2D eigenvalue weighted by atomic mass is 9.65. The van der Waals surface area contributed by atoms with Gasteiger partial charge in [-0.3, -0.25) is 9.69 Å². The van der Waals surface area contributed by atoms with Gasteiger partial charge in [-0.2, -0.15) is 0 Å². The molecule has 228 valence electrons. The van der Waals surface area contributed by atoms with Crippen molar-refractivity contribution in [2.24, 2.45) is 11.3 Å². The Labute approximate surface area is 253 Å². The predicted octanol–water partition coefficient (Wildman–Crippen LogP) is 6.88. The van der Waals surface area contributed by atoms with E-state index in [2.05, 4.69) is 0 Å². The van der Waals surface area contributed by atoms with E-state index in [1.807, 2.05) is 82.6 Å². The SMILES string of the molecule is O=C(c1ccc([C@@H]2c3ccc(OCc4ccccc4)cc3CCN2CC(F)F)cc1)N1CCC2(CCC(CO)CC2)CC1. The largest absolute Gasteiger partial charge is 0.489 e. The second kappa shape index (κ2) is 13.1. The van der Waals surface area contributed by atoms with Crippen molar-refractivity contribution < 1.29 is 23.4 Å². The lowest BCUT2D eigenvalue weighted by Gasteiger charge is -2.45. The van der Waals surface area contributed by atoms with E-state index < -0.39 is 6.43 Å². The number of carbonyl (C=O) groups is 1. The number of hydrogen-bond acceptors (Lipinski definition) is 4. The molecule has 6 rings (SSSR count). The average molecular weight is 589 g/mol. The number of nitrogens with zero attached hydrogens (tertiary/aromatic N) is 2. The van der Waals surface area contributed by atoms with Crippen molar-refractivity contribution in [2.45, 2.75) is 64.0 Å². The molecule has 2 fully saturated rings. The first-order valence-electron chi connectivity index (χ1n) is 15.7. The van der Waals surface area contributed by atoms with Crippen molar-refractivity contribution in [3.05, 3.63) is 101 Å². The molecule has 3 aliphatic rings. The highest BCUT2D eigenvalue weighted by Crippen LogP contribution is 2.46. The number of likely N-dealkylation sites (tertiary alicyclic amines) is 1. The summed E-state index contributed by atoms with van der Waals surface area (Å²) in [4.78, 5) is 17.3. The molecular formula is C36H42F2N2O3. The first-order chi connectivity index (χ1) is 20.9. The van der Waals surface area contributed by atoms with Gasteiger partial charge in [-0.15, -0.1) is 0 Å². The molecule has 5 nitrogen and oxygen atoms in total. The Morgan fingerprint density at radius 2 is 1.65 bits per heavy atom. The topological polar surface area (TPSA) is 53.0 Å². The summed E-state index contributed by atoms with van der Waals surface area (Å²) in [6, 6.07) is 23.3. The molecular weight excluding hydrogens is 546 g/mol. The quantitative estimate of drug-likeness (QED) is 0.312. The molecule has 7 heteroatoms. The van der Waals surface area contributed by atoms with Gasteiger partial charge in [0.05, 0.1) is 12.6 Å². The lowest BCUT2D eigenvalue weighted by Crippen LogP contribution is -2.44. The normalized spacial score (nSPS) is 20.7. The molecule has 0 bridgehead atoms. The van der Waals surface area contributed by atoms with Crippen LogP contribution < -0.4 is 4.74 Å². The molecule has 1 N–H and O–H groups in total. The average Bonchev–Trinajstić information content (AvgIpc) is 3.04. The number of alkyl halides is 2. The van der Waals surface area contributed by atoms with Crippen LogP contribution in [0, 0.1) is 11.3 Å². The molecule has 43 heavy (non-hydrogen) atoms. The first kappa shape index (κ1) is 29.8. The summed E-state index contributed by atoms with van der Waals surface area (Å²) in [5.74, 6) is 1.25. The van der Waals surface area contributed by atoms with Gasteiger partial charge in [0.25, 0.3) is 12.3 Å². The van der Waals surface area contributed by atoms with Crippen LogP contribution in [-0.4, -0.2) is 60.0 Å². The fourth-order valence-corrected chi connectivity index (χ4v) is 7.40. The summed E-state index contributed by atoms with van der Waals surface area (Å²) in [5.41, 5.74) is 5.08. The van der Waals surface area contributed by atoms with E-state index in [1.54, 1.807) is 0 Å². The van der Waals surface area contributed by atoms with E-state index in [9.17, 15) is 18.7 Å². The summed E-state index contributed by atoms with van der Waals surface area (Å²) in [6.45, 7) is 2.50. The van der Waals surface area contributed by atoms with Crippen molar-refractivity contribution in [3.63, 3.8) is 0 Å². The number of rotatable bonds is 8. The predicted molar refractivity (Wildman–Crippen MR) is 163 cm³/mol. The smallest absolute Gasteiger partial charge is 0.253 e. The fraction of sp³-hybridized carbons (Fsp3) is 0.472. The minimum Gasteiger partial charge on any atom is -0.489 e. The van der Waals surface area contributed by atoms with Crippen molar-refractivity contribution in [3.8, 4) is 5.75 Å². The van der Waals surface area contributed by atoms with Crippen LogP contribution in [0.25, 0.3) is 0 Å². The van der Waals surface area contributed by atoms with Crippen LogP contribution in [0.1, 0.15) is 77.2 Å². The molecule has 1 spiro atoms. The van der Waals surface area contributed by atoms with Gasteiger partial charge in [0.1, 0.15) is 12.4 Å². The highest BCUT2D eigenvalue weighted by molar-refractivity contribution is 5.94. The first-order valence-corrected chi connectivity index (χ1v) is 15.7. The Balaban J connectivity index is 1.15. The fourth-order valence-electron chi connectivity index (χ4n) is 7.40. The molecule has 0 radical (unpaired) electrons. The number of fused-ring (bicyclic) bond motifs is 1. The number of aliphatic hydroxyl groups excluding tert-OH is 1. The van der Waals surface area contributed by atoms with Crippen LogP contribution in [0.5, 0.6) is 5.75 Å². The maximum Gasteiger partial charge on any atom is 0.253 e. The number of hydrogen-bond donors (Lipinski definition) is 1. The van der Waals surface area contributed by atoms with Crippen molar-refractivity contribution in [1.82, 2.24) is 9.80 Å². The minimum atomic E-state index is -2.43. The van der Waals surface area contributed by atoms with Crippen LogP contribution >= 0.6 is 0 Å². The van der Waals surface area contributed by atoms with E-state index in [0.717, 1.165) is 79.6 Å². The van der Waals surface area contributed by atoms with Gasteiger partial charge in [-0.1, -0.05) is 48.5 Å². The molecule has 1 atom stereocenters. The van der Waals surface area contributed by atoms with Crippen LogP contribution in [0.3, 0.4) is 0 Å². The number of benzene rings is 3. The molecule has 1 saturated carbocycles. The van der Waals surface area contributed by atoms with E-state index >= 15 is 0 Å². The zero-order chi connectivity index (χ0) is 29.8. The van der Waals surface area contributed by atoms with Gasteiger partial charge in [0.2, 0.25) is 0 Å². The maximum absolute atomic E-state index is 13.6. The Morgan fingerprint density at radius 1 is 0.930 bits per heavy atom. The Kier molecular flexibility index (Phi) is 9.10. The third kappa shape index (κ3) is 6.78. The van der Waals surface area contributed by atoms with Gasteiger partial charge >= 0.3 is 0 Å². The summed E-state index contributed by atoms with van der Waals surface area (Å²) in [7, 11) is 0. The molecule has 0 unspecified atom stereocenters. The minimum absolute atomic E-state index is 0.0409. The molecule has 0 aromatic heterocycles. The van der Waals surface area contributed by atoms with E-state index in [0.29, 0.717) is 36.5 Å².